The van der Waals surface area contributed by atoms with Crippen molar-refractivity contribution in [3.05, 3.63) is 21.3 Å². The summed E-state index contributed by atoms with van der Waals surface area (Å²) >= 11 is 3.99. The molecule has 0 aromatic carbocycles. The maximum atomic E-state index is 4.10. The second-order valence-corrected chi connectivity index (χ2v) is 3.70. The maximum absolute atomic E-state index is 4.10. The molecule has 2 aromatic rings. The first kappa shape index (κ1) is 5.67. The van der Waals surface area contributed by atoms with Crippen molar-refractivity contribution in [1.29, 1.82) is 0 Å². The number of aromatic nitrogens is 2. The van der Waals surface area contributed by atoms with E-state index >= 15 is 0 Å². The summed E-state index contributed by atoms with van der Waals surface area (Å²) in [4.78, 5) is 1.23. The standard InChI is InChI=1S/C5H3IN2S/c6-4-3-7-8-1-2-9-5(4)8/h1-3H. The van der Waals surface area contributed by atoms with E-state index in [9.17, 15) is 0 Å². The summed E-state index contributed by atoms with van der Waals surface area (Å²) in [5.41, 5.74) is 0. The summed E-state index contributed by atoms with van der Waals surface area (Å²) in [5.74, 6) is 0. The van der Waals surface area contributed by atoms with Crippen LogP contribution in [0.25, 0.3) is 4.83 Å². The zero-order valence-corrected chi connectivity index (χ0v) is 7.39. The van der Waals surface area contributed by atoms with Crippen molar-refractivity contribution in [3.63, 3.8) is 0 Å². The van der Waals surface area contributed by atoms with Crippen molar-refractivity contribution in [2.24, 2.45) is 0 Å². The van der Waals surface area contributed by atoms with E-state index in [-0.39, 0.29) is 0 Å². The van der Waals surface area contributed by atoms with Crippen molar-refractivity contribution in [2.75, 3.05) is 0 Å². The minimum atomic E-state index is 1.22. The molecule has 2 rings (SSSR count). The van der Waals surface area contributed by atoms with Gasteiger partial charge in [0.25, 0.3) is 0 Å². The molecule has 0 N–H and O–H groups in total. The molecule has 0 saturated carbocycles. The van der Waals surface area contributed by atoms with E-state index in [2.05, 4.69) is 27.7 Å². The zero-order chi connectivity index (χ0) is 6.27. The van der Waals surface area contributed by atoms with Crippen molar-refractivity contribution in [1.82, 2.24) is 9.61 Å². The molecule has 0 spiro atoms. The van der Waals surface area contributed by atoms with Gasteiger partial charge in [0.15, 0.2) is 0 Å². The first-order valence-corrected chi connectivity index (χ1v) is 4.40. The van der Waals surface area contributed by atoms with E-state index in [1.807, 2.05) is 22.3 Å². The Morgan fingerprint density at radius 2 is 2.56 bits per heavy atom. The molecule has 0 atom stereocenters. The number of thiazole rings is 1. The molecule has 0 radical (unpaired) electrons. The minimum absolute atomic E-state index is 1.22. The molecule has 0 aliphatic heterocycles. The topological polar surface area (TPSA) is 17.3 Å². The second kappa shape index (κ2) is 1.95. The van der Waals surface area contributed by atoms with Crippen molar-refractivity contribution in [2.45, 2.75) is 0 Å². The monoisotopic (exact) mass is 250 g/mol. The largest absolute Gasteiger partial charge is 0.229 e. The van der Waals surface area contributed by atoms with Gasteiger partial charge in [0, 0.05) is 11.6 Å². The molecule has 2 aromatic heterocycles. The van der Waals surface area contributed by atoms with E-state index in [0.717, 1.165) is 0 Å². The van der Waals surface area contributed by atoms with Crippen LogP contribution in [-0.4, -0.2) is 9.61 Å². The van der Waals surface area contributed by atoms with Gasteiger partial charge in [-0.15, -0.1) is 11.3 Å². The lowest BCUT2D eigenvalue weighted by Crippen LogP contribution is -1.74. The van der Waals surface area contributed by atoms with Crippen LogP contribution in [0, 0.1) is 3.57 Å². The summed E-state index contributed by atoms with van der Waals surface area (Å²) in [6, 6.07) is 0. The molecule has 0 aliphatic carbocycles. The fourth-order valence-corrected chi connectivity index (χ4v) is 2.14. The number of hydrogen-bond donors (Lipinski definition) is 0. The van der Waals surface area contributed by atoms with Crippen LogP contribution in [0.2, 0.25) is 0 Å². The Kier molecular flexibility index (Phi) is 1.23. The lowest BCUT2D eigenvalue weighted by molar-refractivity contribution is 0.978. The van der Waals surface area contributed by atoms with Crippen LogP contribution in [0.1, 0.15) is 0 Å². The zero-order valence-electron chi connectivity index (χ0n) is 4.41. The predicted octanol–water partition coefficient (Wildman–Crippen LogP) is 2.00. The SMILES string of the molecule is Ic1cnn2ccsc12. The van der Waals surface area contributed by atoms with Gasteiger partial charge in [-0.2, -0.15) is 5.10 Å². The van der Waals surface area contributed by atoms with Crippen LogP contribution in [-0.2, 0) is 0 Å². The van der Waals surface area contributed by atoms with Gasteiger partial charge in [0.05, 0.1) is 9.77 Å². The fraction of sp³-hybridized carbons (Fsp3) is 0. The van der Waals surface area contributed by atoms with Gasteiger partial charge >= 0.3 is 0 Å². The molecule has 46 valence electrons. The van der Waals surface area contributed by atoms with Gasteiger partial charge in [0.2, 0.25) is 0 Å². The number of nitrogens with zero attached hydrogens (tertiary/aromatic N) is 2. The van der Waals surface area contributed by atoms with Gasteiger partial charge in [-0.25, -0.2) is 4.52 Å². The molecule has 4 heteroatoms. The molecular formula is C5H3IN2S. The minimum Gasteiger partial charge on any atom is -0.229 e. The van der Waals surface area contributed by atoms with Gasteiger partial charge < -0.3 is 0 Å². The molecule has 9 heavy (non-hydrogen) atoms. The van der Waals surface area contributed by atoms with Crippen molar-refractivity contribution < 1.29 is 0 Å². The van der Waals surface area contributed by atoms with Gasteiger partial charge in [-0.1, -0.05) is 0 Å². The Balaban J connectivity index is 2.99. The van der Waals surface area contributed by atoms with E-state index in [1.165, 1.54) is 8.40 Å². The van der Waals surface area contributed by atoms with E-state index < -0.39 is 0 Å². The van der Waals surface area contributed by atoms with Crippen LogP contribution < -0.4 is 0 Å². The number of hydrogen-bond acceptors (Lipinski definition) is 2. The molecule has 0 saturated heterocycles. The Bertz CT molecular complexity index is 324. The number of fused-ring (bicyclic) bond motifs is 1. The third-order valence-electron chi connectivity index (χ3n) is 1.09. The van der Waals surface area contributed by atoms with Crippen LogP contribution in [0.4, 0.5) is 0 Å². The summed E-state index contributed by atoms with van der Waals surface area (Å²) in [6.45, 7) is 0. The van der Waals surface area contributed by atoms with E-state index in [0.29, 0.717) is 0 Å². The first-order valence-electron chi connectivity index (χ1n) is 2.44. The lowest BCUT2D eigenvalue weighted by atomic mass is 10.7. The Labute approximate surface area is 69.6 Å². The van der Waals surface area contributed by atoms with E-state index in [1.54, 1.807) is 11.3 Å². The predicted molar refractivity (Wildman–Crippen MR) is 45.8 cm³/mol. The lowest BCUT2D eigenvalue weighted by Gasteiger charge is -1.75. The summed E-state index contributed by atoms with van der Waals surface area (Å²) in [5, 5.41) is 6.13. The third-order valence-corrected chi connectivity index (χ3v) is 3.13. The highest BCUT2D eigenvalue weighted by molar-refractivity contribution is 14.1. The molecule has 0 amide bonds. The second-order valence-electron chi connectivity index (χ2n) is 1.65. The summed E-state index contributed by atoms with van der Waals surface area (Å²) < 4.78 is 3.11. The number of rotatable bonds is 0. The molecular weight excluding hydrogens is 247 g/mol. The van der Waals surface area contributed by atoms with Crippen molar-refractivity contribution in [3.8, 4) is 0 Å². The molecule has 2 nitrogen and oxygen atoms in total. The first-order chi connectivity index (χ1) is 4.38. The molecule has 0 fully saturated rings. The fourth-order valence-electron chi connectivity index (χ4n) is 0.699. The average molecular weight is 250 g/mol. The number of halogens is 1. The smallest absolute Gasteiger partial charge is 0.132 e. The highest BCUT2D eigenvalue weighted by Gasteiger charge is 1.98. The van der Waals surface area contributed by atoms with Gasteiger partial charge in [-0.05, 0) is 22.6 Å². The maximum Gasteiger partial charge on any atom is 0.132 e. The Morgan fingerprint density at radius 3 is 3.33 bits per heavy atom. The van der Waals surface area contributed by atoms with Gasteiger partial charge in [0.1, 0.15) is 4.83 Å². The molecule has 0 unspecified atom stereocenters. The highest BCUT2D eigenvalue weighted by Crippen LogP contribution is 2.17. The summed E-state index contributed by atoms with van der Waals surface area (Å²) in [6.07, 6.45) is 3.83. The average Bonchev–Trinajstić information content (AvgIpc) is 2.35. The van der Waals surface area contributed by atoms with Crippen LogP contribution in [0.15, 0.2) is 17.8 Å². The van der Waals surface area contributed by atoms with Crippen LogP contribution in [0.5, 0.6) is 0 Å². The molecule has 0 aliphatic rings. The Morgan fingerprint density at radius 1 is 1.67 bits per heavy atom. The van der Waals surface area contributed by atoms with Gasteiger partial charge in [-0.3, -0.25) is 0 Å². The van der Waals surface area contributed by atoms with Crippen LogP contribution in [0.3, 0.4) is 0 Å². The van der Waals surface area contributed by atoms with E-state index in [4.69, 9.17) is 0 Å². The third kappa shape index (κ3) is 0.770. The van der Waals surface area contributed by atoms with Crippen LogP contribution >= 0.6 is 33.9 Å². The normalized spacial score (nSPS) is 10.8. The van der Waals surface area contributed by atoms with Crippen molar-refractivity contribution >= 4 is 38.8 Å². The summed E-state index contributed by atoms with van der Waals surface area (Å²) in [7, 11) is 0. The highest BCUT2D eigenvalue weighted by atomic mass is 127. The molecule has 2 heterocycles. The Hall–Kier alpha value is -0.100. The molecule has 0 bridgehead atoms. The quantitative estimate of drug-likeness (QED) is 0.653.